The molecule has 3 aromatic rings. The molecule has 0 radical (unpaired) electrons. The minimum Gasteiger partial charge on any atom is -0.501 e. The number of hydrogen-bond donors (Lipinski definition) is 3. The maximum Gasteiger partial charge on any atom is 1.00 e. The van der Waals surface area contributed by atoms with E-state index in [1.807, 2.05) is 0 Å². The van der Waals surface area contributed by atoms with Crippen molar-refractivity contribution in [1.82, 2.24) is 5.10 Å². The molecule has 0 atom stereocenters. The number of para-hydroxylation sites is 1. The minimum absolute atomic E-state index is 0. The zero-order chi connectivity index (χ0) is 21.3. The van der Waals surface area contributed by atoms with Crippen LogP contribution in [0.5, 0.6) is 11.6 Å². The van der Waals surface area contributed by atoms with Crippen molar-refractivity contribution in [3.63, 3.8) is 0 Å². The number of phenolic OH excluding ortho intramolecular Hbond substituents is 1. The summed E-state index contributed by atoms with van der Waals surface area (Å²) >= 11 is 0. The van der Waals surface area contributed by atoms with Gasteiger partial charge in [0.15, 0.2) is 5.69 Å². The Morgan fingerprint density at radius 2 is 1.72 bits per heavy atom. The Hall–Kier alpha value is -2.35. The second-order valence-electron chi connectivity index (χ2n) is 5.75. The van der Waals surface area contributed by atoms with Gasteiger partial charge >= 0.3 is 41.1 Å². The molecule has 0 spiro atoms. The van der Waals surface area contributed by atoms with Gasteiger partial charge in [-0.3, -0.25) is 14.7 Å². The third-order valence-corrected chi connectivity index (χ3v) is 4.63. The monoisotopic (exact) mass is 512 g/mol. The Bertz CT molecular complexity index is 1250. The smallest absolute Gasteiger partial charge is 0.501 e. The van der Waals surface area contributed by atoms with Crippen molar-refractivity contribution >= 4 is 27.2 Å². The van der Waals surface area contributed by atoms with Crippen LogP contribution in [0.2, 0.25) is 0 Å². The molecule has 5 N–H and O–H groups in total. The quantitative estimate of drug-likeness (QED) is 0.0901. The molecule has 0 amide bonds. The van der Waals surface area contributed by atoms with Gasteiger partial charge in [0.05, 0.1) is 4.92 Å². The van der Waals surface area contributed by atoms with Gasteiger partial charge in [-0.1, -0.05) is 30.8 Å². The zero-order valence-corrected chi connectivity index (χ0v) is 20.7. The van der Waals surface area contributed by atoms with Crippen molar-refractivity contribution in [2.24, 2.45) is 10.2 Å². The van der Waals surface area contributed by atoms with Crippen LogP contribution in [-0.2, 0) is 27.5 Å². The Kier molecular flexibility index (Phi) is 10.7. The van der Waals surface area contributed by atoms with Crippen molar-refractivity contribution in [1.29, 1.82) is 0 Å². The van der Waals surface area contributed by atoms with E-state index in [1.54, 1.807) is 30.3 Å². The first-order valence-corrected chi connectivity index (χ1v) is 9.28. The molecule has 0 saturated heterocycles. The molecular formula is C16H15CrN5NaO8S+. The average Bonchev–Trinajstić information content (AvgIpc) is 2.94. The molecule has 0 unspecified atom stereocenters. The summed E-state index contributed by atoms with van der Waals surface area (Å²) in [5, 5.41) is 42.9. The van der Waals surface area contributed by atoms with E-state index in [2.05, 4.69) is 15.3 Å². The molecule has 1 aromatic heterocycles. The van der Waals surface area contributed by atoms with Gasteiger partial charge in [-0.2, -0.15) is 13.1 Å². The maximum atomic E-state index is 11.3. The molecule has 32 heavy (non-hydrogen) atoms. The van der Waals surface area contributed by atoms with E-state index >= 15 is 0 Å². The first kappa shape index (κ1) is 29.7. The Balaban J connectivity index is 0.00000320. The zero-order valence-electron chi connectivity index (χ0n) is 16.6. The third-order valence-electron chi connectivity index (χ3n) is 3.80. The van der Waals surface area contributed by atoms with E-state index in [0.717, 1.165) is 0 Å². The van der Waals surface area contributed by atoms with E-state index in [1.165, 1.54) is 11.6 Å². The number of nitro benzene ring substituents is 1. The first-order valence-electron chi connectivity index (χ1n) is 7.84. The van der Waals surface area contributed by atoms with Gasteiger partial charge in [0.1, 0.15) is 10.6 Å². The summed E-state index contributed by atoms with van der Waals surface area (Å²) in [6.07, 6.45) is 0. The Labute approximate surface area is 214 Å². The molecule has 0 fully saturated rings. The Morgan fingerprint density at radius 1 is 1.12 bits per heavy atom. The fourth-order valence-electron chi connectivity index (χ4n) is 2.42. The second-order valence-corrected chi connectivity index (χ2v) is 7.17. The number of phenols is 1. The van der Waals surface area contributed by atoms with E-state index < -0.39 is 42.9 Å². The predicted molar refractivity (Wildman–Crippen MR) is 100 cm³/mol. The average molecular weight is 512 g/mol. The first-order chi connectivity index (χ1) is 13.6. The molecule has 0 aliphatic heterocycles. The van der Waals surface area contributed by atoms with Gasteiger partial charge in [-0.05, 0) is 6.07 Å². The number of aromatic hydroxyl groups is 2. The van der Waals surface area contributed by atoms with Crippen molar-refractivity contribution in [2.75, 3.05) is 0 Å². The molecule has 164 valence electrons. The fourth-order valence-corrected chi connectivity index (χ4v) is 2.94. The summed E-state index contributed by atoms with van der Waals surface area (Å²) in [7, 11) is -4.81. The van der Waals surface area contributed by atoms with Gasteiger partial charge in [-0.25, -0.2) is 0 Å². The summed E-state index contributed by atoms with van der Waals surface area (Å²) in [5.74, 6) is -1.35. The molecule has 1 heterocycles. The standard InChI is InChI=1S/C16H13N5O7S.Cr.Na.H2O/c1-9-14(16(23)20(19-9)10-5-3-2-4-6-10)18-17-12-7-11(29(26,27)28)8-13(15(12)22)21(24)25;;;/h2-8,22-23H,1H3,(H,26,27,28);;;1H2/q;;+1;. The van der Waals surface area contributed by atoms with Crippen LogP contribution in [0.4, 0.5) is 17.1 Å². The van der Waals surface area contributed by atoms with Crippen LogP contribution < -0.4 is 39.3 Å². The van der Waals surface area contributed by atoms with Crippen molar-refractivity contribution in [3.8, 4) is 17.3 Å². The minimum atomic E-state index is -4.81. The second kappa shape index (κ2) is 11.5. The predicted octanol–water partition coefficient (Wildman–Crippen LogP) is -1.61. The van der Waals surface area contributed by atoms with E-state index in [9.17, 15) is 28.7 Å². The number of nitrogens with zero attached hydrogens (tertiary/aromatic N) is 5. The summed E-state index contributed by atoms with van der Waals surface area (Å²) < 4.78 is 33.0. The number of benzene rings is 2. The molecule has 0 saturated carbocycles. The Morgan fingerprint density at radius 3 is 2.25 bits per heavy atom. The van der Waals surface area contributed by atoms with Crippen LogP contribution >= 0.6 is 0 Å². The van der Waals surface area contributed by atoms with Gasteiger partial charge in [0.2, 0.25) is 11.4 Å². The largest absolute Gasteiger partial charge is 1.00 e. The summed E-state index contributed by atoms with van der Waals surface area (Å²) in [5.41, 5.74) is -0.919. The SMILES string of the molecule is Cc1[n-][n+](-c2ccccc2)c(O)c1N=Nc1cc(S(=O)(=O)O)cc([N+](=O)[O-])c1O.O.[Cr].[Na+]. The van der Waals surface area contributed by atoms with Crippen molar-refractivity contribution in [3.05, 3.63) is 58.3 Å². The molecule has 2 aromatic carbocycles. The molecular weight excluding hydrogens is 497 g/mol. The topological polar surface area (TPSA) is 212 Å². The molecule has 0 bridgehead atoms. The molecule has 16 heteroatoms. The fraction of sp³-hybridized carbons (Fsp3) is 0.0625. The van der Waals surface area contributed by atoms with Crippen molar-refractivity contribution < 1.29 is 85.2 Å². The third kappa shape index (κ3) is 6.12. The van der Waals surface area contributed by atoms with Gasteiger partial charge in [-0.15, -0.1) is 10.2 Å². The van der Waals surface area contributed by atoms with E-state index in [4.69, 9.17) is 4.55 Å². The molecule has 3 rings (SSSR count). The van der Waals surface area contributed by atoms with E-state index in [0.29, 0.717) is 17.8 Å². The van der Waals surface area contributed by atoms with Gasteiger partial charge < -0.3 is 20.8 Å². The van der Waals surface area contributed by atoms with Crippen LogP contribution in [-0.4, -0.2) is 33.6 Å². The number of aryl methyl sites for hydroxylation is 1. The normalized spacial score (nSPS) is 10.7. The molecule has 0 aliphatic rings. The summed E-state index contributed by atoms with van der Waals surface area (Å²) in [6.45, 7) is 1.52. The number of aromatic nitrogens is 2. The summed E-state index contributed by atoms with van der Waals surface area (Å²) in [6, 6.07) is 9.77. The van der Waals surface area contributed by atoms with Crippen molar-refractivity contribution in [2.45, 2.75) is 11.8 Å². The maximum absolute atomic E-state index is 11.3. The van der Waals surface area contributed by atoms with Gasteiger partial charge in [0.25, 0.3) is 10.1 Å². The number of hydrogen-bond acceptors (Lipinski definition) is 8. The van der Waals surface area contributed by atoms with E-state index in [-0.39, 0.29) is 63.8 Å². The van der Waals surface area contributed by atoms with Gasteiger partial charge in [0, 0.05) is 35.6 Å². The van der Waals surface area contributed by atoms with Crippen LogP contribution in [0.1, 0.15) is 5.69 Å². The molecule has 0 aliphatic carbocycles. The van der Waals surface area contributed by atoms with Crippen LogP contribution in [0, 0.1) is 17.0 Å². The van der Waals surface area contributed by atoms with Crippen LogP contribution in [0.3, 0.4) is 0 Å². The number of nitro groups is 1. The van der Waals surface area contributed by atoms with Crippen LogP contribution in [0.25, 0.3) is 5.69 Å². The molecule has 13 nitrogen and oxygen atoms in total. The van der Waals surface area contributed by atoms with Crippen LogP contribution in [0.15, 0.2) is 57.6 Å². The number of azo groups is 1. The summed E-state index contributed by atoms with van der Waals surface area (Å²) in [4.78, 5) is 9.15. The number of rotatable bonds is 5.